The summed E-state index contributed by atoms with van der Waals surface area (Å²) in [4.78, 5) is 0. The first-order chi connectivity index (χ1) is 9.01. The largest absolute Gasteiger partial charge is 0.0848 e. The van der Waals surface area contributed by atoms with Gasteiger partial charge in [-0.3, -0.25) is 0 Å². The van der Waals surface area contributed by atoms with Crippen molar-refractivity contribution in [3.63, 3.8) is 0 Å². The van der Waals surface area contributed by atoms with E-state index in [2.05, 4.69) is 52.0 Å². The average Bonchev–Trinajstić information content (AvgIpc) is 2.86. The molecule has 0 saturated heterocycles. The Morgan fingerprint density at radius 2 is 1.95 bits per heavy atom. The molecule has 3 aliphatic rings. The molecule has 0 radical (unpaired) electrons. The second-order valence-corrected chi connectivity index (χ2v) is 7.61. The molecule has 0 aromatic heterocycles. The van der Waals surface area contributed by atoms with Gasteiger partial charge in [0.1, 0.15) is 0 Å². The van der Waals surface area contributed by atoms with Crippen LogP contribution >= 0.6 is 0 Å². The Kier molecular flexibility index (Phi) is 3.23. The van der Waals surface area contributed by atoms with Gasteiger partial charge in [0.05, 0.1) is 0 Å². The standard InChI is InChI=1S/C19H28/c1-13(2)9-15(4)12-19-11-14(3)5-8-18(19)16-6-7-17(19)10-16/h6-7,9,12,14,16-18H,5,8,10-11H2,1-4H3. The molecule has 3 rings (SSSR count). The van der Waals surface area contributed by atoms with Crippen LogP contribution in [-0.2, 0) is 0 Å². The molecular formula is C19H28. The molecule has 104 valence electrons. The van der Waals surface area contributed by atoms with Gasteiger partial charge in [-0.2, -0.15) is 0 Å². The van der Waals surface area contributed by atoms with E-state index >= 15 is 0 Å². The Bertz CT molecular complexity index is 447. The fourth-order valence-corrected chi connectivity index (χ4v) is 5.25. The summed E-state index contributed by atoms with van der Waals surface area (Å²) < 4.78 is 0. The molecule has 2 saturated carbocycles. The van der Waals surface area contributed by atoms with Crippen LogP contribution in [0.15, 0.2) is 35.5 Å². The van der Waals surface area contributed by atoms with Gasteiger partial charge in [0.15, 0.2) is 0 Å². The Balaban J connectivity index is 1.98. The predicted octanol–water partition coefficient (Wildman–Crippen LogP) is 5.53. The third-order valence-corrected chi connectivity index (χ3v) is 5.70. The molecule has 0 spiro atoms. The Morgan fingerprint density at radius 1 is 1.16 bits per heavy atom. The molecule has 19 heavy (non-hydrogen) atoms. The van der Waals surface area contributed by atoms with Gasteiger partial charge in [0.25, 0.3) is 0 Å². The lowest BCUT2D eigenvalue weighted by atomic mass is 9.58. The van der Waals surface area contributed by atoms with Gasteiger partial charge in [-0.1, -0.05) is 48.8 Å². The minimum atomic E-state index is 0.493. The van der Waals surface area contributed by atoms with Crippen LogP contribution in [0.4, 0.5) is 0 Å². The van der Waals surface area contributed by atoms with Gasteiger partial charge in [-0.25, -0.2) is 0 Å². The molecule has 2 bridgehead atoms. The number of fused-ring (bicyclic) bond motifs is 5. The lowest BCUT2D eigenvalue weighted by Gasteiger charge is -2.46. The molecule has 5 unspecified atom stereocenters. The lowest BCUT2D eigenvalue weighted by Crippen LogP contribution is -2.38. The van der Waals surface area contributed by atoms with E-state index in [1.807, 2.05) is 0 Å². The van der Waals surface area contributed by atoms with Gasteiger partial charge < -0.3 is 0 Å². The highest BCUT2D eigenvalue weighted by atomic mass is 14.6. The number of allylic oxidation sites excluding steroid dienone is 6. The molecule has 0 aromatic rings. The zero-order chi connectivity index (χ0) is 13.6. The highest BCUT2D eigenvalue weighted by Crippen LogP contribution is 2.64. The van der Waals surface area contributed by atoms with Crippen molar-refractivity contribution in [2.24, 2.45) is 29.1 Å². The van der Waals surface area contributed by atoms with Crippen LogP contribution in [0.5, 0.6) is 0 Å². The maximum absolute atomic E-state index is 2.66. The van der Waals surface area contributed by atoms with Gasteiger partial charge in [-0.05, 0) is 69.1 Å². The molecule has 0 aliphatic heterocycles. The summed E-state index contributed by atoms with van der Waals surface area (Å²) in [6.45, 7) is 9.17. The van der Waals surface area contributed by atoms with Crippen molar-refractivity contribution in [3.8, 4) is 0 Å². The summed E-state index contributed by atoms with van der Waals surface area (Å²) in [7, 11) is 0. The summed E-state index contributed by atoms with van der Waals surface area (Å²) in [5, 5.41) is 0. The van der Waals surface area contributed by atoms with E-state index in [-0.39, 0.29) is 0 Å². The maximum Gasteiger partial charge on any atom is -0.00132 e. The zero-order valence-electron chi connectivity index (χ0n) is 12.9. The van der Waals surface area contributed by atoms with Crippen molar-refractivity contribution < 1.29 is 0 Å². The van der Waals surface area contributed by atoms with Crippen LogP contribution in [0.3, 0.4) is 0 Å². The highest BCUT2D eigenvalue weighted by molar-refractivity contribution is 5.31. The van der Waals surface area contributed by atoms with Crippen LogP contribution < -0.4 is 0 Å². The zero-order valence-corrected chi connectivity index (χ0v) is 12.9. The summed E-state index contributed by atoms with van der Waals surface area (Å²) in [6, 6.07) is 0. The monoisotopic (exact) mass is 256 g/mol. The molecular weight excluding hydrogens is 228 g/mol. The van der Waals surface area contributed by atoms with E-state index in [9.17, 15) is 0 Å². The average molecular weight is 256 g/mol. The second-order valence-electron chi connectivity index (χ2n) is 7.61. The van der Waals surface area contributed by atoms with E-state index in [0.29, 0.717) is 5.41 Å². The van der Waals surface area contributed by atoms with E-state index < -0.39 is 0 Å². The molecule has 2 fully saturated rings. The van der Waals surface area contributed by atoms with Gasteiger partial charge in [0, 0.05) is 0 Å². The lowest BCUT2D eigenvalue weighted by molar-refractivity contribution is 0.0999. The van der Waals surface area contributed by atoms with E-state index in [1.165, 1.54) is 36.8 Å². The van der Waals surface area contributed by atoms with Crippen LogP contribution in [0.25, 0.3) is 0 Å². The number of hydrogen-bond donors (Lipinski definition) is 0. The normalized spacial score (nSPS) is 44.3. The van der Waals surface area contributed by atoms with Crippen molar-refractivity contribution in [1.82, 2.24) is 0 Å². The molecule has 0 amide bonds. The van der Waals surface area contributed by atoms with E-state index in [1.54, 1.807) is 0 Å². The quantitative estimate of drug-likeness (QED) is 0.450. The molecule has 3 aliphatic carbocycles. The van der Waals surface area contributed by atoms with Gasteiger partial charge in [-0.15, -0.1) is 0 Å². The number of hydrogen-bond acceptors (Lipinski definition) is 0. The van der Waals surface area contributed by atoms with Gasteiger partial charge in [0.2, 0.25) is 0 Å². The smallest absolute Gasteiger partial charge is 0.00132 e. The topological polar surface area (TPSA) is 0 Å². The number of rotatable bonds is 2. The van der Waals surface area contributed by atoms with Crippen LogP contribution in [0, 0.1) is 29.1 Å². The summed E-state index contributed by atoms with van der Waals surface area (Å²) in [5.74, 6) is 3.54. The SMILES string of the molecule is CC(C)=CC(C)=CC12CC(C)CCC1C1C=CC2C1. The molecule has 5 atom stereocenters. The minimum absolute atomic E-state index is 0.493. The first-order valence-electron chi connectivity index (χ1n) is 8.04. The van der Waals surface area contributed by atoms with Crippen LogP contribution in [-0.4, -0.2) is 0 Å². The van der Waals surface area contributed by atoms with Gasteiger partial charge >= 0.3 is 0 Å². The van der Waals surface area contributed by atoms with E-state index in [4.69, 9.17) is 0 Å². The molecule has 0 nitrogen and oxygen atoms in total. The molecule has 0 aromatic carbocycles. The highest BCUT2D eigenvalue weighted by Gasteiger charge is 2.55. The van der Waals surface area contributed by atoms with Crippen LogP contribution in [0.1, 0.15) is 53.4 Å². The van der Waals surface area contributed by atoms with Crippen molar-refractivity contribution in [1.29, 1.82) is 0 Å². The molecule has 0 heterocycles. The fourth-order valence-electron chi connectivity index (χ4n) is 5.25. The second kappa shape index (κ2) is 4.65. The van der Waals surface area contributed by atoms with Crippen LogP contribution in [0.2, 0.25) is 0 Å². The summed E-state index contributed by atoms with van der Waals surface area (Å²) in [6.07, 6.45) is 15.8. The first kappa shape index (κ1) is 13.2. The fraction of sp³-hybridized carbons (Fsp3) is 0.684. The summed E-state index contributed by atoms with van der Waals surface area (Å²) in [5.41, 5.74) is 3.40. The maximum atomic E-state index is 2.66. The van der Waals surface area contributed by atoms with Crippen molar-refractivity contribution in [2.45, 2.75) is 53.4 Å². The van der Waals surface area contributed by atoms with Crippen molar-refractivity contribution in [3.05, 3.63) is 35.5 Å². The Morgan fingerprint density at radius 3 is 2.68 bits per heavy atom. The summed E-state index contributed by atoms with van der Waals surface area (Å²) >= 11 is 0. The molecule has 0 heteroatoms. The Labute approximate surface area is 118 Å². The Hall–Kier alpha value is -0.780. The first-order valence-corrected chi connectivity index (χ1v) is 8.04. The predicted molar refractivity (Wildman–Crippen MR) is 82.9 cm³/mol. The third kappa shape index (κ3) is 2.14. The van der Waals surface area contributed by atoms with E-state index in [0.717, 1.165) is 23.7 Å². The third-order valence-electron chi connectivity index (χ3n) is 5.70. The van der Waals surface area contributed by atoms with Crippen molar-refractivity contribution >= 4 is 0 Å². The van der Waals surface area contributed by atoms with Crippen molar-refractivity contribution in [2.75, 3.05) is 0 Å². The molecule has 0 N–H and O–H groups in total. The minimum Gasteiger partial charge on any atom is -0.0848 e.